The molecular formula is C10H12N4O2S. The molecule has 1 aromatic heterocycles. The van der Waals surface area contributed by atoms with E-state index in [2.05, 4.69) is 10.1 Å². The topological polar surface area (TPSA) is 90.9 Å². The van der Waals surface area contributed by atoms with E-state index in [0.29, 0.717) is 5.69 Å². The third-order valence-electron chi connectivity index (χ3n) is 2.34. The van der Waals surface area contributed by atoms with Gasteiger partial charge in [-0.15, -0.1) is 5.10 Å². The van der Waals surface area contributed by atoms with Crippen molar-refractivity contribution in [1.82, 2.24) is 14.8 Å². The number of nitrogens with zero attached hydrogens (tertiary/aromatic N) is 3. The zero-order valence-corrected chi connectivity index (χ0v) is 10.1. The highest BCUT2D eigenvalue weighted by Crippen LogP contribution is 2.20. The van der Waals surface area contributed by atoms with Gasteiger partial charge in [-0.3, -0.25) is 0 Å². The third-order valence-corrected chi connectivity index (χ3v) is 4.11. The number of rotatable bonds is 3. The quantitative estimate of drug-likeness (QED) is 0.865. The molecule has 1 aromatic carbocycles. The van der Waals surface area contributed by atoms with E-state index in [4.69, 9.17) is 5.73 Å². The Morgan fingerprint density at radius 3 is 2.65 bits per heavy atom. The van der Waals surface area contributed by atoms with Crippen molar-refractivity contribution in [3.8, 4) is 5.69 Å². The van der Waals surface area contributed by atoms with Crippen molar-refractivity contribution in [2.75, 3.05) is 11.5 Å². The smallest absolute Gasteiger partial charge is 0.239 e. The van der Waals surface area contributed by atoms with Gasteiger partial charge < -0.3 is 5.73 Å². The number of nitrogens with two attached hydrogens (primary N) is 1. The molecule has 0 amide bonds. The van der Waals surface area contributed by atoms with E-state index in [1.54, 1.807) is 31.2 Å². The van der Waals surface area contributed by atoms with Gasteiger partial charge in [0.2, 0.25) is 5.95 Å². The molecule has 0 aliphatic heterocycles. The second kappa shape index (κ2) is 4.17. The lowest BCUT2D eigenvalue weighted by molar-refractivity contribution is 0.596. The maximum atomic E-state index is 11.9. The third kappa shape index (κ3) is 2.14. The molecule has 0 saturated carbocycles. The van der Waals surface area contributed by atoms with Gasteiger partial charge in [0.05, 0.1) is 16.3 Å². The van der Waals surface area contributed by atoms with Gasteiger partial charge in [-0.25, -0.2) is 18.1 Å². The molecule has 0 bridgehead atoms. The van der Waals surface area contributed by atoms with Crippen LogP contribution in [0.15, 0.2) is 35.5 Å². The highest BCUT2D eigenvalue weighted by atomic mass is 32.2. The Labute approximate surface area is 99.0 Å². The Morgan fingerprint density at radius 1 is 1.35 bits per heavy atom. The van der Waals surface area contributed by atoms with Gasteiger partial charge >= 0.3 is 0 Å². The molecule has 17 heavy (non-hydrogen) atoms. The zero-order valence-electron chi connectivity index (χ0n) is 9.24. The number of benzene rings is 1. The highest BCUT2D eigenvalue weighted by Gasteiger charge is 2.17. The van der Waals surface area contributed by atoms with Gasteiger partial charge in [0, 0.05) is 0 Å². The van der Waals surface area contributed by atoms with E-state index >= 15 is 0 Å². The standard InChI is InChI=1S/C10H12N4O2S/c1-2-17(15,16)9-6-4-3-5-8(9)14-7-12-10(11)13-14/h3-7H,2H2,1H3,(H2,11,13). The van der Waals surface area contributed by atoms with Crippen LogP contribution >= 0.6 is 0 Å². The molecule has 0 aliphatic carbocycles. The molecule has 0 atom stereocenters. The Bertz CT molecular complexity index is 633. The zero-order chi connectivity index (χ0) is 12.5. The molecule has 7 heteroatoms. The van der Waals surface area contributed by atoms with Crippen LogP contribution in [0.3, 0.4) is 0 Å². The van der Waals surface area contributed by atoms with Crippen LogP contribution in [-0.4, -0.2) is 28.9 Å². The van der Waals surface area contributed by atoms with Crippen molar-refractivity contribution in [3.05, 3.63) is 30.6 Å². The largest absolute Gasteiger partial charge is 0.366 e. The fourth-order valence-corrected chi connectivity index (χ4v) is 2.53. The molecule has 90 valence electrons. The number of nitrogen functional groups attached to an aromatic ring is 1. The van der Waals surface area contributed by atoms with Crippen molar-refractivity contribution in [2.45, 2.75) is 11.8 Å². The van der Waals surface area contributed by atoms with Crippen LogP contribution in [0.5, 0.6) is 0 Å². The Kier molecular flexibility index (Phi) is 2.84. The molecule has 0 saturated heterocycles. The van der Waals surface area contributed by atoms with Gasteiger partial charge in [0.1, 0.15) is 6.33 Å². The lowest BCUT2D eigenvalue weighted by Gasteiger charge is -2.08. The molecule has 6 nitrogen and oxygen atoms in total. The summed E-state index contributed by atoms with van der Waals surface area (Å²) < 4.78 is 25.2. The van der Waals surface area contributed by atoms with E-state index in [9.17, 15) is 8.42 Å². The van der Waals surface area contributed by atoms with Gasteiger partial charge in [-0.2, -0.15) is 0 Å². The number of sulfone groups is 1. The molecule has 0 aliphatic rings. The average Bonchev–Trinajstić information content (AvgIpc) is 2.76. The first-order valence-corrected chi connectivity index (χ1v) is 6.69. The lowest BCUT2D eigenvalue weighted by Crippen LogP contribution is -2.09. The number of hydrogen-bond donors (Lipinski definition) is 1. The molecule has 0 radical (unpaired) electrons. The number of hydrogen-bond acceptors (Lipinski definition) is 5. The minimum absolute atomic E-state index is 0.0359. The summed E-state index contributed by atoms with van der Waals surface area (Å²) in [6, 6.07) is 6.62. The first kappa shape index (κ1) is 11.6. The van der Waals surface area contributed by atoms with Crippen molar-refractivity contribution in [3.63, 3.8) is 0 Å². The summed E-state index contributed by atoms with van der Waals surface area (Å²) in [4.78, 5) is 4.01. The molecule has 2 rings (SSSR count). The molecule has 0 fully saturated rings. The van der Waals surface area contributed by atoms with E-state index in [1.807, 2.05) is 0 Å². The first-order valence-electron chi connectivity index (χ1n) is 5.04. The van der Waals surface area contributed by atoms with Crippen molar-refractivity contribution in [2.24, 2.45) is 0 Å². The van der Waals surface area contributed by atoms with Crippen molar-refractivity contribution < 1.29 is 8.42 Å². The summed E-state index contributed by atoms with van der Waals surface area (Å²) >= 11 is 0. The number of para-hydroxylation sites is 1. The lowest BCUT2D eigenvalue weighted by atomic mass is 10.3. The molecule has 1 heterocycles. The molecule has 2 N–H and O–H groups in total. The Hall–Kier alpha value is -1.89. The highest BCUT2D eigenvalue weighted by molar-refractivity contribution is 7.91. The SMILES string of the molecule is CCS(=O)(=O)c1ccccc1-n1cnc(N)n1. The molecule has 2 aromatic rings. The average molecular weight is 252 g/mol. The summed E-state index contributed by atoms with van der Waals surface area (Å²) in [5.74, 6) is 0.141. The normalized spacial score (nSPS) is 11.6. The predicted molar refractivity (Wildman–Crippen MR) is 63.5 cm³/mol. The van der Waals surface area contributed by atoms with Crippen LogP contribution in [0, 0.1) is 0 Å². The van der Waals surface area contributed by atoms with Gasteiger partial charge in [0.25, 0.3) is 0 Å². The summed E-state index contributed by atoms with van der Waals surface area (Å²) in [5.41, 5.74) is 5.87. The fraction of sp³-hybridized carbons (Fsp3) is 0.200. The van der Waals surface area contributed by atoms with Gasteiger partial charge in [-0.1, -0.05) is 19.1 Å². The Balaban J connectivity index is 2.64. The van der Waals surface area contributed by atoms with Crippen LogP contribution in [0.4, 0.5) is 5.95 Å². The van der Waals surface area contributed by atoms with Crippen LogP contribution < -0.4 is 5.73 Å². The second-order valence-electron chi connectivity index (χ2n) is 3.42. The second-order valence-corrected chi connectivity index (χ2v) is 5.67. The predicted octanol–water partition coefficient (Wildman–Crippen LogP) is 0.643. The minimum atomic E-state index is -3.30. The summed E-state index contributed by atoms with van der Waals surface area (Å²) in [6.45, 7) is 1.60. The van der Waals surface area contributed by atoms with Crippen LogP contribution in [0.2, 0.25) is 0 Å². The van der Waals surface area contributed by atoms with Crippen LogP contribution in [0.25, 0.3) is 5.69 Å². The Morgan fingerprint density at radius 2 is 2.06 bits per heavy atom. The number of anilines is 1. The van der Waals surface area contributed by atoms with Gasteiger partial charge in [0.15, 0.2) is 9.84 Å². The summed E-state index contributed by atoms with van der Waals surface area (Å²) in [5, 5.41) is 3.91. The van der Waals surface area contributed by atoms with Crippen molar-refractivity contribution in [1.29, 1.82) is 0 Å². The monoisotopic (exact) mass is 252 g/mol. The van der Waals surface area contributed by atoms with Crippen LogP contribution in [-0.2, 0) is 9.84 Å². The van der Waals surface area contributed by atoms with E-state index in [-0.39, 0.29) is 16.6 Å². The fourth-order valence-electron chi connectivity index (χ4n) is 1.46. The molecular weight excluding hydrogens is 240 g/mol. The molecule has 0 unspecified atom stereocenters. The maximum Gasteiger partial charge on any atom is 0.239 e. The molecule has 0 spiro atoms. The maximum absolute atomic E-state index is 11.9. The first-order chi connectivity index (χ1) is 8.04. The van der Waals surface area contributed by atoms with E-state index in [0.717, 1.165) is 0 Å². The van der Waals surface area contributed by atoms with Crippen LogP contribution in [0.1, 0.15) is 6.92 Å². The van der Waals surface area contributed by atoms with E-state index in [1.165, 1.54) is 11.0 Å². The minimum Gasteiger partial charge on any atom is -0.366 e. The van der Waals surface area contributed by atoms with E-state index < -0.39 is 9.84 Å². The summed E-state index contributed by atoms with van der Waals surface area (Å²) in [6.07, 6.45) is 1.39. The van der Waals surface area contributed by atoms with Gasteiger partial charge in [-0.05, 0) is 12.1 Å². The van der Waals surface area contributed by atoms with Crippen molar-refractivity contribution >= 4 is 15.8 Å². The summed E-state index contributed by atoms with van der Waals surface area (Å²) in [7, 11) is -3.30. The number of aromatic nitrogens is 3.